The van der Waals surface area contributed by atoms with Crippen molar-refractivity contribution >= 4 is 5.69 Å². The molecule has 0 saturated carbocycles. The van der Waals surface area contributed by atoms with Gasteiger partial charge in [0.2, 0.25) is 0 Å². The lowest BCUT2D eigenvalue weighted by Crippen LogP contribution is -2.45. The van der Waals surface area contributed by atoms with Crippen molar-refractivity contribution in [3.05, 3.63) is 39.9 Å². The lowest BCUT2D eigenvalue weighted by molar-refractivity contribution is -0.384. The standard InChI is InChI=1S/C10H12F2N2O2/c1-10(13,9(11)12)6-7-3-2-4-8(5-7)14(15)16/h2-5,9H,6,13H2,1H3. The number of nitrogens with zero attached hydrogens (tertiary/aromatic N) is 1. The molecule has 0 heterocycles. The minimum Gasteiger partial charge on any atom is -0.320 e. The number of halogens is 2. The molecule has 0 aliphatic heterocycles. The van der Waals surface area contributed by atoms with Crippen LogP contribution in [0.1, 0.15) is 12.5 Å². The predicted octanol–water partition coefficient (Wildman–Crippen LogP) is 2.12. The first-order valence-corrected chi connectivity index (χ1v) is 4.63. The van der Waals surface area contributed by atoms with E-state index < -0.39 is 16.9 Å². The zero-order valence-electron chi connectivity index (χ0n) is 8.69. The molecular formula is C10H12F2N2O2. The zero-order chi connectivity index (χ0) is 12.3. The van der Waals surface area contributed by atoms with Gasteiger partial charge in [0.1, 0.15) is 0 Å². The fourth-order valence-corrected chi connectivity index (χ4v) is 1.30. The van der Waals surface area contributed by atoms with E-state index in [-0.39, 0.29) is 12.1 Å². The van der Waals surface area contributed by atoms with Crippen molar-refractivity contribution in [3.63, 3.8) is 0 Å². The Morgan fingerprint density at radius 2 is 2.19 bits per heavy atom. The second kappa shape index (κ2) is 4.52. The summed E-state index contributed by atoms with van der Waals surface area (Å²) >= 11 is 0. The molecule has 0 bridgehead atoms. The number of benzene rings is 1. The fraction of sp³-hybridized carbons (Fsp3) is 0.400. The largest absolute Gasteiger partial charge is 0.320 e. The van der Waals surface area contributed by atoms with Crippen LogP contribution < -0.4 is 5.73 Å². The summed E-state index contributed by atoms with van der Waals surface area (Å²) in [5, 5.41) is 10.5. The first-order valence-electron chi connectivity index (χ1n) is 4.63. The van der Waals surface area contributed by atoms with E-state index in [2.05, 4.69) is 0 Å². The van der Waals surface area contributed by atoms with Crippen molar-refractivity contribution in [1.29, 1.82) is 0 Å². The Bertz CT molecular complexity index is 394. The van der Waals surface area contributed by atoms with Crippen LogP contribution in [0.4, 0.5) is 14.5 Å². The van der Waals surface area contributed by atoms with Gasteiger partial charge >= 0.3 is 0 Å². The average Bonchev–Trinajstić information content (AvgIpc) is 2.17. The number of non-ortho nitro benzene ring substituents is 1. The van der Waals surface area contributed by atoms with Gasteiger partial charge in [0.25, 0.3) is 12.1 Å². The molecule has 0 aliphatic carbocycles. The predicted molar refractivity (Wildman–Crippen MR) is 55.4 cm³/mol. The Balaban J connectivity index is 2.90. The van der Waals surface area contributed by atoms with E-state index in [1.54, 1.807) is 6.07 Å². The molecule has 2 N–H and O–H groups in total. The van der Waals surface area contributed by atoms with Gasteiger partial charge in [0.15, 0.2) is 0 Å². The van der Waals surface area contributed by atoms with Crippen molar-refractivity contribution in [2.75, 3.05) is 0 Å². The molecule has 0 amide bonds. The smallest absolute Gasteiger partial charge is 0.269 e. The summed E-state index contributed by atoms with van der Waals surface area (Å²) in [5.41, 5.74) is 4.03. The lowest BCUT2D eigenvalue weighted by Gasteiger charge is -2.23. The topological polar surface area (TPSA) is 69.2 Å². The quantitative estimate of drug-likeness (QED) is 0.636. The van der Waals surface area contributed by atoms with Crippen molar-refractivity contribution in [2.24, 2.45) is 5.73 Å². The van der Waals surface area contributed by atoms with Crippen molar-refractivity contribution in [2.45, 2.75) is 25.3 Å². The van der Waals surface area contributed by atoms with Crippen molar-refractivity contribution in [1.82, 2.24) is 0 Å². The summed E-state index contributed by atoms with van der Waals surface area (Å²) in [7, 11) is 0. The normalized spacial score (nSPS) is 14.8. The van der Waals surface area contributed by atoms with Gasteiger partial charge in [0, 0.05) is 12.1 Å². The molecule has 1 aromatic rings. The number of alkyl halides is 2. The Hall–Kier alpha value is -1.56. The molecule has 0 aromatic heterocycles. The van der Waals surface area contributed by atoms with Gasteiger partial charge in [-0.3, -0.25) is 10.1 Å². The highest BCUT2D eigenvalue weighted by Gasteiger charge is 2.30. The SMILES string of the molecule is CC(N)(Cc1cccc([N+](=O)[O-])c1)C(F)F. The van der Waals surface area contributed by atoms with Crippen LogP contribution in [0.3, 0.4) is 0 Å². The number of nitrogens with two attached hydrogens (primary N) is 1. The van der Waals surface area contributed by atoms with E-state index >= 15 is 0 Å². The van der Waals surface area contributed by atoms with Crippen LogP contribution in [0.5, 0.6) is 0 Å². The van der Waals surface area contributed by atoms with Crippen LogP contribution >= 0.6 is 0 Å². The van der Waals surface area contributed by atoms with Gasteiger partial charge in [-0.2, -0.15) is 0 Å². The molecule has 1 aromatic carbocycles. The maximum Gasteiger partial charge on any atom is 0.269 e. The Morgan fingerprint density at radius 1 is 1.56 bits per heavy atom. The Labute approximate surface area is 91.2 Å². The number of nitro groups is 1. The molecule has 0 spiro atoms. The lowest BCUT2D eigenvalue weighted by atomic mass is 9.94. The molecular weight excluding hydrogens is 218 g/mol. The molecule has 6 heteroatoms. The van der Waals surface area contributed by atoms with E-state index in [1.165, 1.54) is 25.1 Å². The molecule has 1 atom stereocenters. The number of hydrogen-bond donors (Lipinski definition) is 1. The van der Waals surface area contributed by atoms with E-state index in [1.807, 2.05) is 0 Å². The van der Waals surface area contributed by atoms with Gasteiger partial charge in [-0.15, -0.1) is 0 Å². The molecule has 1 rings (SSSR count). The minimum atomic E-state index is -2.67. The maximum atomic E-state index is 12.5. The summed E-state index contributed by atoms with van der Waals surface area (Å²) < 4.78 is 25.0. The van der Waals surface area contributed by atoms with Gasteiger partial charge < -0.3 is 5.73 Å². The fourth-order valence-electron chi connectivity index (χ4n) is 1.30. The minimum absolute atomic E-state index is 0.105. The summed E-state index contributed by atoms with van der Waals surface area (Å²) in [6.07, 6.45) is -2.78. The monoisotopic (exact) mass is 230 g/mol. The molecule has 88 valence electrons. The second-order valence-electron chi connectivity index (χ2n) is 3.91. The van der Waals surface area contributed by atoms with Crippen LogP contribution in [-0.2, 0) is 6.42 Å². The molecule has 4 nitrogen and oxygen atoms in total. The average molecular weight is 230 g/mol. The van der Waals surface area contributed by atoms with Gasteiger partial charge in [0.05, 0.1) is 10.5 Å². The summed E-state index contributed by atoms with van der Waals surface area (Å²) in [4.78, 5) is 9.91. The summed E-state index contributed by atoms with van der Waals surface area (Å²) in [5.74, 6) is 0. The van der Waals surface area contributed by atoms with E-state index in [0.29, 0.717) is 5.56 Å². The van der Waals surface area contributed by atoms with Crippen LogP contribution in [0.2, 0.25) is 0 Å². The molecule has 0 aliphatic rings. The van der Waals surface area contributed by atoms with Crippen molar-refractivity contribution < 1.29 is 13.7 Å². The van der Waals surface area contributed by atoms with Crippen LogP contribution in [0, 0.1) is 10.1 Å². The molecule has 16 heavy (non-hydrogen) atoms. The third-order valence-electron chi connectivity index (χ3n) is 2.20. The Kier molecular flexibility index (Phi) is 3.54. The Morgan fingerprint density at radius 3 is 2.69 bits per heavy atom. The first kappa shape index (κ1) is 12.5. The highest BCUT2D eigenvalue weighted by atomic mass is 19.3. The second-order valence-corrected chi connectivity index (χ2v) is 3.91. The van der Waals surface area contributed by atoms with Gasteiger partial charge in [-0.25, -0.2) is 8.78 Å². The summed E-state index contributed by atoms with van der Waals surface area (Å²) in [6, 6.07) is 5.56. The van der Waals surface area contributed by atoms with Gasteiger partial charge in [-0.05, 0) is 18.9 Å². The number of nitro benzene ring substituents is 1. The van der Waals surface area contributed by atoms with E-state index in [9.17, 15) is 18.9 Å². The van der Waals surface area contributed by atoms with Crippen LogP contribution in [0.25, 0.3) is 0 Å². The number of rotatable bonds is 4. The highest BCUT2D eigenvalue weighted by Crippen LogP contribution is 2.21. The summed E-state index contributed by atoms with van der Waals surface area (Å²) in [6.45, 7) is 1.22. The molecule has 0 fully saturated rings. The molecule has 0 saturated heterocycles. The molecule has 1 unspecified atom stereocenters. The molecule has 0 radical (unpaired) electrons. The van der Waals surface area contributed by atoms with Crippen LogP contribution in [0.15, 0.2) is 24.3 Å². The van der Waals surface area contributed by atoms with Crippen LogP contribution in [-0.4, -0.2) is 16.9 Å². The van der Waals surface area contributed by atoms with E-state index in [4.69, 9.17) is 5.73 Å². The third kappa shape index (κ3) is 2.96. The van der Waals surface area contributed by atoms with Crippen molar-refractivity contribution in [3.8, 4) is 0 Å². The van der Waals surface area contributed by atoms with E-state index in [0.717, 1.165) is 0 Å². The first-order chi connectivity index (χ1) is 7.33. The zero-order valence-corrected chi connectivity index (χ0v) is 8.69. The number of hydrogen-bond acceptors (Lipinski definition) is 3. The highest BCUT2D eigenvalue weighted by molar-refractivity contribution is 5.35. The maximum absolute atomic E-state index is 12.5. The third-order valence-corrected chi connectivity index (χ3v) is 2.20. The van der Waals surface area contributed by atoms with Gasteiger partial charge in [-0.1, -0.05) is 12.1 Å².